The van der Waals surface area contributed by atoms with Crippen LogP contribution in [0.15, 0.2) is 0 Å². The fourth-order valence-corrected chi connectivity index (χ4v) is 1.50. The molecule has 1 heterocycles. The minimum Gasteiger partial charge on any atom is -0.370 e. The number of nitrogens with zero attached hydrogens (tertiary/aromatic N) is 1. The molecular formula is C9H14N2O3. The number of piperidine rings is 1. The van der Waals surface area contributed by atoms with E-state index in [2.05, 4.69) is 0 Å². The summed E-state index contributed by atoms with van der Waals surface area (Å²) in [6.07, 6.45) is 0.806. The standard InChI is InChI=1S/C9H14N2O3/c1-6-4-8(13)11(9(14)5-6)3-2-7(10)12/h6H,2-5H2,1H3,(H2,10,12). The van der Waals surface area contributed by atoms with Crippen molar-refractivity contribution >= 4 is 17.7 Å². The van der Waals surface area contributed by atoms with E-state index >= 15 is 0 Å². The van der Waals surface area contributed by atoms with Crippen LogP contribution < -0.4 is 5.73 Å². The molecule has 0 saturated carbocycles. The first-order valence-corrected chi connectivity index (χ1v) is 4.62. The molecule has 0 atom stereocenters. The molecule has 0 bridgehead atoms. The van der Waals surface area contributed by atoms with E-state index in [0.717, 1.165) is 4.90 Å². The van der Waals surface area contributed by atoms with Gasteiger partial charge in [0.1, 0.15) is 0 Å². The van der Waals surface area contributed by atoms with Crippen molar-refractivity contribution in [1.29, 1.82) is 0 Å². The van der Waals surface area contributed by atoms with Gasteiger partial charge in [-0.05, 0) is 5.92 Å². The van der Waals surface area contributed by atoms with Crippen molar-refractivity contribution in [1.82, 2.24) is 4.90 Å². The summed E-state index contributed by atoms with van der Waals surface area (Å²) < 4.78 is 0. The Morgan fingerprint density at radius 1 is 1.43 bits per heavy atom. The Hall–Kier alpha value is -1.39. The maximum absolute atomic E-state index is 11.4. The van der Waals surface area contributed by atoms with E-state index in [0.29, 0.717) is 12.8 Å². The van der Waals surface area contributed by atoms with Crippen molar-refractivity contribution in [2.24, 2.45) is 11.7 Å². The van der Waals surface area contributed by atoms with Crippen LogP contribution in [0.1, 0.15) is 26.2 Å². The molecule has 78 valence electrons. The third-order valence-electron chi connectivity index (χ3n) is 2.23. The second-order valence-electron chi connectivity index (χ2n) is 3.67. The summed E-state index contributed by atoms with van der Waals surface area (Å²) in [6.45, 7) is 1.99. The average Bonchev–Trinajstić information content (AvgIpc) is 2.01. The molecule has 0 unspecified atom stereocenters. The Morgan fingerprint density at radius 2 is 1.93 bits per heavy atom. The third kappa shape index (κ3) is 2.55. The normalized spacial score (nSPS) is 18.8. The van der Waals surface area contributed by atoms with Crippen LogP contribution in [0.5, 0.6) is 0 Å². The third-order valence-corrected chi connectivity index (χ3v) is 2.23. The number of carbonyl (C=O) groups excluding carboxylic acids is 3. The number of primary amides is 1. The Labute approximate surface area is 82.2 Å². The van der Waals surface area contributed by atoms with Crippen molar-refractivity contribution < 1.29 is 14.4 Å². The first-order valence-electron chi connectivity index (χ1n) is 4.62. The highest BCUT2D eigenvalue weighted by molar-refractivity contribution is 5.98. The molecule has 0 aromatic heterocycles. The number of hydrogen-bond donors (Lipinski definition) is 1. The average molecular weight is 198 g/mol. The van der Waals surface area contributed by atoms with Crippen molar-refractivity contribution in [3.05, 3.63) is 0 Å². The van der Waals surface area contributed by atoms with Crippen molar-refractivity contribution in [3.8, 4) is 0 Å². The maximum atomic E-state index is 11.4. The van der Waals surface area contributed by atoms with Gasteiger partial charge in [0.15, 0.2) is 0 Å². The zero-order valence-corrected chi connectivity index (χ0v) is 8.16. The van der Waals surface area contributed by atoms with E-state index in [1.54, 1.807) is 0 Å². The number of likely N-dealkylation sites (tertiary alicyclic amines) is 1. The van der Waals surface area contributed by atoms with Gasteiger partial charge in [-0.3, -0.25) is 19.3 Å². The fourth-order valence-electron chi connectivity index (χ4n) is 1.50. The Kier molecular flexibility index (Phi) is 3.22. The molecule has 1 saturated heterocycles. The quantitative estimate of drug-likeness (QED) is 0.629. The topological polar surface area (TPSA) is 80.5 Å². The summed E-state index contributed by atoms with van der Waals surface area (Å²) in [4.78, 5) is 34.4. The van der Waals surface area contributed by atoms with Crippen LogP contribution >= 0.6 is 0 Å². The Balaban J connectivity index is 2.54. The number of amides is 3. The smallest absolute Gasteiger partial charge is 0.229 e. The SMILES string of the molecule is CC1CC(=O)N(CCC(N)=O)C(=O)C1. The predicted molar refractivity (Wildman–Crippen MR) is 48.9 cm³/mol. The maximum Gasteiger partial charge on any atom is 0.229 e. The summed E-state index contributed by atoms with van der Waals surface area (Å²) in [5, 5.41) is 0. The van der Waals surface area contributed by atoms with Gasteiger partial charge in [-0.2, -0.15) is 0 Å². The molecule has 5 nitrogen and oxygen atoms in total. The summed E-state index contributed by atoms with van der Waals surface area (Å²) in [5.74, 6) is -0.783. The van der Waals surface area contributed by atoms with E-state index in [9.17, 15) is 14.4 Å². The zero-order valence-electron chi connectivity index (χ0n) is 8.16. The van der Waals surface area contributed by atoms with Crippen LogP contribution in [0, 0.1) is 5.92 Å². The van der Waals surface area contributed by atoms with Crippen molar-refractivity contribution in [3.63, 3.8) is 0 Å². The van der Waals surface area contributed by atoms with Gasteiger partial charge in [0.2, 0.25) is 17.7 Å². The first-order chi connectivity index (χ1) is 6.50. The lowest BCUT2D eigenvalue weighted by Crippen LogP contribution is -2.44. The number of rotatable bonds is 3. The number of nitrogens with two attached hydrogens (primary N) is 1. The molecule has 0 aromatic carbocycles. The molecular weight excluding hydrogens is 184 g/mol. The molecule has 0 aliphatic carbocycles. The van der Waals surface area contributed by atoms with Gasteiger partial charge in [-0.1, -0.05) is 6.92 Å². The molecule has 14 heavy (non-hydrogen) atoms. The highest BCUT2D eigenvalue weighted by atomic mass is 16.2. The molecule has 2 N–H and O–H groups in total. The number of hydrogen-bond acceptors (Lipinski definition) is 3. The molecule has 3 amide bonds. The van der Waals surface area contributed by atoms with E-state index in [-0.39, 0.29) is 30.7 Å². The highest BCUT2D eigenvalue weighted by Crippen LogP contribution is 2.18. The fraction of sp³-hybridized carbons (Fsp3) is 0.667. The van der Waals surface area contributed by atoms with E-state index in [1.807, 2.05) is 6.92 Å². The van der Waals surface area contributed by atoms with Crippen LogP contribution in [0.3, 0.4) is 0 Å². The minimum atomic E-state index is -0.496. The minimum absolute atomic E-state index is 0.0475. The van der Waals surface area contributed by atoms with Crippen LogP contribution in [-0.4, -0.2) is 29.2 Å². The molecule has 5 heteroatoms. The summed E-state index contributed by atoms with van der Waals surface area (Å²) in [7, 11) is 0. The largest absolute Gasteiger partial charge is 0.370 e. The predicted octanol–water partition coefficient (Wildman–Crippen LogP) is -0.353. The summed E-state index contributed by atoms with van der Waals surface area (Å²) >= 11 is 0. The van der Waals surface area contributed by atoms with Gasteiger partial charge >= 0.3 is 0 Å². The Bertz CT molecular complexity index is 257. The van der Waals surface area contributed by atoms with E-state index in [4.69, 9.17) is 5.73 Å². The van der Waals surface area contributed by atoms with Crippen LogP contribution in [0.4, 0.5) is 0 Å². The van der Waals surface area contributed by atoms with Gasteiger partial charge < -0.3 is 5.73 Å². The van der Waals surface area contributed by atoms with Gasteiger partial charge in [0.05, 0.1) is 0 Å². The second kappa shape index (κ2) is 4.21. The van der Waals surface area contributed by atoms with Crippen LogP contribution in [0.25, 0.3) is 0 Å². The second-order valence-corrected chi connectivity index (χ2v) is 3.67. The first kappa shape index (κ1) is 10.7. The zero-order chi connectivity index (χ0) is 10.7. The van der Waals surface area contributed by atoms with Gasteiger partial charge in [0, 0.05) is 25.8 Å². The highest BCUT2D eigenvalue weighted by Gasteiger charge is 2.29. The lowest BCUT2D eigenvalue weighted by molar-refractivity contribution is -0.149. The molecule has 0 aromatic rings. The van der Waals surface area contributed by atoms with Crippen molar-refractivity contribution in [2.45, 2.75) is 26.2 Å². The molecule has 1 aliphatic heterocycles. The number of carbonyl (C=O) groups is 3. The van der Waals surface area contributed by atoms with Crippen LogP contribution in [-0.2, 0) is 14.4 Å². The monoisotopic (exact) mass is 198 g/mol. The van der Waals surface area contributed by atoms with Crippen LogP contribution in [0.2, 0.25) is 0 Å². The van der Waals surface area contributed by atoms with E-state index < -0.39 is 5.91 Å². The number of imide groups is 1. The van der Waals surface area contributed by atoms with Gasteiger partial charge in [0.25, 0.3) is 0 Å². The summed E-state index contributed by atoms with van der Waals surface area (Å²) in [5.41, 5.74) is 4.94. The lowest BCUT2D eigenvalue weighted by Gasteiger charge is -2.27. The molecule has 1 fully saturated rings. The van der Waals surface area contributed by atoms with Crippen molar-refractivity contribution in [2.75, 3.05) is 6.54 Å². The molecule has 1 aliphatic rings. The molecule has 1 rings (SSSR count). The summed E-state index contributed by atoms with van der Waals surface area (Å²) in [6, 6.07) is 0. The van der Waals surface area contributed by atoms with E-state index in [1.165, 1.54) is 0 Å². The molecule has 0 spiro atoms. The Morgan fingerprint density at radius 3 is 2.36 bits per heavy atom. The molecule has 0 radical (unpaired) electrons. The van der Waals surface area contributed by atoms with Gasteiger partial charge in [-0.25, -0.2) is 0 Å². The lowest BCUT2D eigenvalue weighted by atomic mass is 9.98. The van der Waals surface area contributed by atoms with Gasteiger partial charge in [-0.15, -0.1) is 0 Å².